The molecule has 0 aromatic heterocycles. The number of hydrogen-bond donors (Lipinski definition) is 3. The minimum Gasteiger partial charge on any atom is -0.253 e. The monoisotopic (exact) mass is 147 g/mol. The second-order valence-corrected chi connectivity index (χ2v) is 4.42. The van der Waals surface area contributed by atoms with Gasteiger partial charge in [-0.25, -0.2) is 4.72 Å². The second-order valence-electron chi connectivity index (χ2n) is 1.95. The smallest absolute Gasteiger partial charge is 0.188 e. The fourth-order valence-corrected chi connectivity index (χ4v) is 2.45. The number of rotatable bonds is 1. The predicted octanol–water partition coefficient (Wildman–Crippen LogP) is -1.10. The molecule has 0 bridgehead atoms. The molecule has 0 radical (unpaired) electrons. The van der Waals surface area contributed by atoms with E-state index >= 15 is 0 Å². The van der Waals surface area contributed by atoms with E-state index < -0.39 is 10.3 Å². The van der Waals surface area contributed by atoms with Crippen molar-refractivity contribution in [2.75, 3.05) is 12.3 Å². The summed E-state index contributed by atoms with van der Waals surface area (Å²) in [6.45, 7) is 0.756. The molecule has 0 spiro atoms. The first-order valence-corrected chi connectivity index (χ1v) is 4.67. The molecular weight excluding hydrogens is 138 g/mol. The molecule has 52 valence electrons. The molecular formula is C4H9N3OS. The van der Waals surface area contributed by atoms with E-state index in [-0.39, 0.29) is 0 Å². The highest BCUT2D eigenvalue weighted by molar-refractivity contribution is 7.99. The Morgan fingerprint density at radius 1 is 1.78 bits per heavy atom. The highest BCUT2D eigenvalue weighted by Gasteiger charge is 2.17. The fourth-order valence-electron chi connectivity index (χ4n) is 0.817. The first-order chi connectivity index (χ1) is 4.27. The van der Waals surface area contributed by atoms with Crippen LogP contribution >= 0.6 is 0 Å². The molecule has 1 saturated heterocycles. The third-order valence-electron chi connectivity index (χ3n) is 1.25. The topological polar surface area (TPSA) is 64.9 Å². The minimum absolute atomic E-state index is 0.598. The molecule has 1 heterocycles. The van der Waals surface area contributed by atoms with Gasteiger partial charge < -0.3 is 0 Å². The number of thiol groups is 1. The van der Waals surface area contributed by atoms with E-state index in [1.807, 2.05) is 0 Å². The van der Waals surface area contributed by atoms with Crippen molar-refractivity contribution in [3.63, 3.8) is 0 Å². The van der Waals surface area contributed by atoms with Crippen molar-refractivity contribution < 1.29 is 4.21 Å². The van der Waals surface area contributed by atoms with Crippen LogP contribution in [-0.4, -0.2) is 16.5 Å². The van der Waals surface area contributed by atoms with Crippen LogP contribution in [-0.2, 0) is 10.3 Å². The van der Waals surface area contributed by atoms with Gasteiger partial charge in [0.2, 0.25) is 0 Å². The Morgan fingerprint density at radius 2 is 2.56 bits per heavy atom. The first kappa shape index (κ1) is 6.52. The average Bonchev–Trinajstić information content (AvgIpc) is 2.16. The Bertz CT molecular complexity index is 175. The molecule has 1 aliphatic heterocycles. The van der Waals surface area contributed by atoms with Crippen molar-refractivity contribution >= 4 is 10.3 Å². The lowest BCUT2D eigenvalue weighted by molar-refractivity contribution is 0.664. The molecule has 5 heteroatoms. The van der Waals surface area contributed by atoms with Crippen molar-refractivity contribution in [3.8, 4) is 6.19 Å². The van der Waals surface area contributed by atoms with Crippen LogP contribution in [0.4, 0.5) is 0 Å². The van der Waals surface area contributed by atoms with E-state index in [2.05, 4.69) is 9.44 Å². The average molecular weight is 147 g/mol. The summed E-state index contributed by atoms with van der Waals surface area (Å²) in [5.41, 5.74) is 0. The summed E-state index contributed by atoms with van der Waals surface area (Å²) in [4.78, 5) is 0. The summed E-state index contributed by atoms with van der Waals surface area (Å²) in [5.74, 6) is 0.598. The Balaban J connectivity index is 2.54. The molecule has 0 aliphatic carbocycles. The summed E-state index contributed by atoms with van der Waals surface area (Å²) in [5, 5.41) is 8.12. The summed E-state index contributed by atoms with van der Waals surface area (Å²) in [7, 11) is -2.43. The van der Waals surface area contributed by atoms with Gasteiger partial charge in [0.1, 0.15) is 0 Å². The maximum absolute atomic E-state index is 11.2. The van der Waals surface area contributed by atoms with Crippen LogP contribution in [0.15, 0.2) is 0 Å². The van der Waals surface area contributed by atoms with Crippen molar-refractivity contribution in [2.24, 2.45) is 0 Å². The summed E-state index contributed by atoms with van der Waals surface area (Å²) < 4.78 is 16.2. The molecule has 1 aliphatic rings. The Hall–Kier alpha value is -0.600. The SMILES string of the molecule is N#CN[SH]1(=O)CCCN1. The largest absolute Gasteiger partial charge is 0.253 e. The van der Waals surface area contributed by atoms with Crippen LogP contribution in [0.2, 0.25) is 0 Å². The van der Waals surface area contributed by atoms with Crippen LogP contribution in [0.3, 0.4) is 0 Å². The zero-order valence-electron chi connectivity index (χ0n) is 4.92. The van der Waals surface area contributed by atoms with Gasteiger partial charge in [-0.15, -0.1) is 0 Å². The molecule has 1 rings (SSSR count). The molecule has 0 atom stereocenters. The van der Waals surface area contributed by atoms with Gasteiger partial charge in [0, 0.05) is 22.6 Å². The van der Waals surface area contributed by atoms with Gasteiger partial charge in [-0.3, -0.25) is 8.93 Å². The zero-order valence-corrected chi connectivity index (χ0v) is 5.82. The summed E-state index contributed by atoms with van der Waals surface area (Å²) in [6, 6.07) is 0. The highest BCUT2D eigenvalue weighted by Crippen LogP contribution is 2.03. The van der Waals surface area contributed by atoms with Crippen LogP contribution < -0.4 is 9.44 Å². The quantitative estimate of drug-likeness (QED) is 0.250. The molecule has 4 nitrogen and oxygen atoms in total. The number of nitriles is 1. The predicted molar refractivity (Wildman–Crippen MR) is 35.8 cm³/mol. The van der Waals surface area contributed by atoms with E-state index in [9.17, 15) is 4.21 Å². The Kier molecular flexibility index (Phi) is 1.69. The molecule has 2 N–H and O–H groups in total. The van der Waals surface area contributed by atoms with E-state index in [4.69, 9.17) is 5.26 Å². The standard InChI is InChI=1S/C4H9N3OS/c5-4-7-9(8)3-1-2-6-9/h9H,1-3H2,(H2,6,7,8). The van der Waals surface area contributed by atoms with E-state index in [0.717, 1.165) is 13.0 Å². The first-order valence-electron chi connectivity index (χ1n) is 2.77. The Labute approximate surface area is 54.9 Å². The molecule has 9 heavy (non-hydrogen) atoms. The second kappa shape index (κ2) is 2.33. The van der Waals surface area contributed by atoms with E-state index in [1.54, 1.807) is 6.19 Å². The lowest BCUT2D eigenvalue weighted by atomic mass is 10.5. The van der Waals surface area contributed by atoms with Crippen LogP contribution in [0, 0.1) is 11.5 Å². The lowest BCUT2D eigenvalue weighted by Gasteiger charge is -2.14. The van der Waals surface area contributed by atoms with Gasteiger partial charge in [0.25, 0.3) is 0 Å². The maximum atomic E-state index is 11.2. The van der Waals surface area contributed by atoms with Crippen LogP contribution in [0.25, 0.3) is 0 Å². The van der Waals surface area contributed by atoms with Gasteiger partial charge in [-0.2, -0.15) is 5.26 Å². The molecule has 1 fully saturated rings. The van der Waals surface area contributed by atoms with Crippen molar-refractivity contribution in [3.05, 3.63) is 0 Å². The number of hydrogen-bond acceptors (Lipinski definition) is 2. The molecule has 0 unspecified atom stereocenters. The van der Waals surface area contributed by atoms with E-state index in [0.29, 0.717) is 5.75 Å². The van der Waals surface area contributed by atoms with Gasteiger partial charge in [-0.1, -0.05) is 0 Å². The number of nitrogens with zero attached hydrogens (tertiary/aromatic N) is 1. The summed E-state index contributed by atoms with van der Waals surface area (Å²) >= 11 is 0. The van der Waals surface area contributed by atoms with Crippen LogP contribution in [0.1, 0.15) is 6.42 Å². The molecule has 0 aromatic carbocycles. The lowest BCUT2D eigenvalue weighted by Crippen LogP contribution is -2.37. The van der Waals surface area contributed by atoms with Crippen molar-refractivity contribution in [1.82, 2.24) is 9.44 Å². The maximum Gasteiger partial charge on any atom is 0.188 e. The molecule has 0 aromatic rings. The number of nitrogens with one attached hydrogen (secondary N) is 2. The highest BCUT2D eigenvalue weighted by atomic mass is 32.3. The van der Waals surface area contributed by atoms with Crippen molar-refractivity contribution in [2.45, 2.75) is 6.42 Å². The fraction of sp³-hybridized carbons (Fsp3) is 0.750. The van der Waals surface area contributed by atoms with Gasteiger partial charge in [0.05, 0.1) is 0 Å². The van der Waals surface area contributed by atoms with E-state index in [1.165, 1.54) is 0 Å². The van der Waals surface area contributed by atoms with Crippen LogP contribution in [0.5, 0.6) is 0 Å². The van der Waals surface area contributed by atoms with Crippen molar-refractivity contribution in [1.29, 1.82) is 5.26 Å². The Morgan fingerprint density at radius 3 is 3.00 bits per heavy atom. The van der Waals surface area contributed by atoms with Gasteiger partial charge in [-0.05, 0) is 6.42 Å². The zero-order chi connectivity index (χ0) is 6.74. The normalized spacial score (nSPS) is 26.6. The molecule has 0 amide bonds. The third-order valence-corrected chi connectivity index (χ3v) is 3.39. The van der Waals surface area contributed by atoms with Gasteiger partial charge >= 0.3 is 0 Å². The summed E-state index contributed by atoms with van der Waals surface area (Å²) in [6.07, 6.45) is 2.57. The molecule has 0 saturated carbocycles. The third kappa shape index (κ3) is 1.40. The van der Waals surface area contributed by atoms with Gasteiger partial charge in [0.15, 0.2) is 6.19 Å². The minimum atomic E-state index is -2.43.